The second kappa shape index (κ2) is 5.65. The molecule has 1 N–H and O–H groups in total. The van der Waals surface area contributed by atoms with Crippen molar-refractivity contribution in [2.45, 2.75) is 39.5 Å². The number of aromatic nitrogens is 2. The van der Waals surface area contributed by atoms with Crippen molar-refractivity contribution in [3.8, 4) is 11.3 Å². The minimum absolute atomic E-state index is 0.000727. The SMILES string of the molecule is CCC(C)(C)c1ccc(-c2cc(=O)c3cnccc3[nH]2)c(C)c1. The highest BCUT2D eigenvalue weighted by atomic mass is 16.1. The fraction of sp³-hybridized carbons (Fsp3) is 0.300. The van der Waals surface area contributed by atoms with Gasteiger partial charge in [-0.15, -0.1) is 0 Å². The summed E-state index contributed by atoms with van der Waals surface area (Å²) in [6, 6.07) is 10.0. The van der Waals surface area contributed by atoms with Gasteiger partial charge in [0, 0.05) is 29.7 Å². The lowest BCUT2D eigenvalue weighted by molar-refractivity contribution is 0.506. The number of nitrogens with zero attached hydrogens (tertiary/aromatic N) is 1. The number of H-pyrrole nitrogens is 1. The minimum Gasteiger partial charge on any atom is -0.354 e. The van der Waals surface area contributed by atoms with Crippen molar-refractivity contribution >= 4 is 10.9 Å². The van der Waals surface area contributed by atoms with Gasteiger partial charge in [-0.05, 0) is 36.0 Å². The van der Waals surface area contributed by atoms with Gasteiger partial charge in [0.15, 0.2) is 5.43 Å². The molecule has 0 unspecified atom stereocenters. The summed E-state index contributed by atoms with van der Waals surface area (Å²) in [5.74, 6) is 0. The van der Waals surface area contributed by atoms with Gasteiger partial charge in [0.05, 0.1) is 10.9 Å². The molecule has 0 saturated heterocycles. The van der Waals surface area contributed by atoms with Crippen molar-refractivity contribution in [1.29, 1.82) is 0 Å². The van der Waals surface area contributed by atoms with Crippen LogP contribution in [0.5, 0.6) is 0 Å². The molecule has 0 atom stereocenters. The molecule has 23 heavy (non-hydrogen) atoms. The maximum atomic E-state index is 12.3. The van der Waals surface area contributed by atoms with Crippen LogP contribution in [-0.2, 0) is 5.41 Å². The molecule has 3 nitrogen and oxygen atoms in total. The van der Waals surface area contributed by atoms with E-state index in [4.69, 9.17) is 0 Å². The maximum Gasteiger partial charge on any atom is 0.191 e. The zero-order chi connectivity index (χ0) is 16.6. The Bertz CT molecular complexity index is 922. The predicted molar refractivity (Wildman–Crippen MR) is 95.9 cm³/mol. The number of hydrogen-bond donors (Lipinski definition) is 1. The molecule has 0 aliphatic rings. The van der Waals surface area contributed by atoms with Crippen LogP contribution in [-0.4, -0.2) is 9.97 Å². The first-order chi connectivity index (χ1) is 10.9. The van der Waals surface area contributed by atoms with Gasteiger partial charge in [-0.25, -0.2) is 0 Å². The lowest BCUT2D eigenvalue weighted by Crippen LogP contribution is -2.15. The van der Waals surface area contributed by atoms with Gasteiger partial charge in [0.2, 0.25) is 0 Å². The van der Waals surface area contributed by atoms with Gasteiger partial charge in [-0.1, -0.05) is 39.0 Å². The number of hydrogen-bond acceptors (Lipinski definition) is 2. The van der Waals surface area contributed by atoms with Crippen LogP contribution in [0.1, 0.15) is 38.3 Å². The summed E-state index contributed by atoms with van der Waals surface area (Å²) >= 11 is 0. The molecule has 0 spiro atoms. The number of nitrogens with one attached hydrogen (secondary N) is 1. The highest BCUT2D eigenvalue weighted by Gasteiger charge is 2.19. The van der Waals surface area contributed by atoms with E-state index in [0.29, 0.717) is 5.39 Å². The van der Waals surface area contributed by atoms with Crippen molar-refractivity contribution in [2.75, 3.05) is 0 Å². The van der Waals surface area contributed by atoms with Gasteiger partial charge >= 0.3 is 0 Å². The summed E-state index contributed by atoms with van der Waals surface area (Å²) in [7, 11) is 0. The van der Waals surface area contributed by atoms with Crippen molar-refractivity contribution in [1.82, 2.24) is 9.97 Å². The lowest BCUT2D eigenvalue weighted by Gasteiger charge is -2.24. The molecule has 1 aromatic carbocycles. The normalized spacial score (nSPS) is 11.8. The van der Waals surface area contributed by atoms with Gasteiger partial charge in [0.25, 0.3) is 0 Å². The Balaban J connectivity index is 2.14. The van der Waals surface area contributed by atoms with Crippen molar-refractivity contribution in [3.63, 3.8) is 0 Å². The average molecular weight is 306 g/mol. The van der Waals surface area contributed by atoms with E-state index in [0.717, 1.165) is 23.2 Å². The third-order valence-corrected chi connectivity index (χ3v) is 4.81. The zero-order valence-electron chi connectivity index (χ0n) is 14.1. The molecular formula is C20H22N2O. The van der Waals surface area contributed by atoms with E-state index >= 15 is 0 Å². The Morgan fingerprint density at radius 1 is 1.17 bits per heavy atom. The van der Waals surface area contributed by atoms with Crippen molar-refractivity contribution in [3.05, 3.63) is 64.1 Å². The van der Waals surface area contributed by atoms with E-state index in [9.17, 15) is 4.79 Å². The minimum atomic E-state index is -0.000727. The summed E-state index contributed by atoms with van der Waals surface area (Å²) in [5, 5.41) is 0.623. The summed E-state index contributed by atoms with van der Waals surface area (Å²) in [5.41, 5.74) is 5.40. The third kappa shape index (κ3) is 2.79. The van der Waals surface area contributed by atoms with E-state index in [1.54, 1.807) is 18.5 Å². The van der Waals surface area contributed by atoms with E-state index in [1.165, 1.54) is 11.1 Å². The number of pyridine rings is 2. The average Bonchev–Trinajstić information content (AvgIpc) is 2.54. The highest BCUT2D eigenvalue weighted by molar-refractivity contribution is 5.80. The van der Waals surface area contributed by atoms with Gasteiger partial charge in [-0.3, -0.25) is 9.78 Å². The maximum absolute atomic E-state index is 12.3. The summed E-state index contributed by atoms with van der Waals surface area (Å²) in [4.78, 5) is 19.7. The molecule has 0 bridgehead atoms. The smallest absolute Gasteiger partial charge is 0.191 e. The topological polar surface area (TPSA) is 45.8 Å². The second-order valence-electron chi connectivity index (χ2n) is 6.74. The number of aromatic amines is 1. The molecule has 2 heterocycles. The van der Waals surface area contributed by atoms with E-state index < -0.39 is 0 Å². The van der Waals surface area contributed by atoms with Crippen LogP contribution in [0.2, 0.25) is 0 Å². The van der Waals surface area contributed by atoms with Crippen LogP contribution < -0.4 is 5.43 Å². The lowest BCUT2D eigenvalue weighted by atomic mass is 9.81. The van der Waals surface area contributed by atoms with Crippen LogP contribution >= 0.6 is 0 Å². The summed E-state index contributed by atoms with van der Waals surface area (Å²) in [6.45, 7) is 8.82. The third-order valence-electron chi connectivity index (χ3n) is 4.81. The first kappa shape index (κ1) is 15.5. The molecule has 0 aliphatic heterocycles. The predicted octanol–water partition coefficient (Wildman–Crippen LogP) is 4.59. The first-order valence-corrected chi connectivity index (χ1v) is 8.01. The fourth-order valence-electron chi connectivity index (χ4n) is 2.83. The molecule has 3 heteroatoms. The van der Waals surface area contributed by atoms with Crippen LogP contribution in [0.25, 0.3) is 22.2 Å². The molecule has 0 radical (unpaired) electrons. The van der Waals surface area contributed by atoms with E-state index in [-0.39, 0.29) is 10.8 Å². The monoisotopic (exact) mass is 306 g/mol. The molecule has 0 amide bonds. The standard InChI is InChI=1S/C20H22N2O/c1-5-20(3,4)14-6-7-15(13(2)10-14)18-11-19(23)16-12-21-9-8-17(16)22-18/h6-12H,5H2,1-4H3,(H,22,23). The largest absolute Gasteiger partial charge is 0.354 e. The number of aryl methyl sites for hydroxylation is 1. The molecule has 3 aromatic rings. The first-order valence-electron chi connectivity index (χ1n) is 8.01. The number of fused-ring (bicyclic) bond motifs is 1. The molecule has 3 rings (SSSR count). The Morgan fingerprint density at radius 2 is 1.96 bits per heavy atom. The van der Waals surface area contributed by atoms with Gasteiger partial charge in [0.1, 0.15) is 0 Å². The molecule has 0 aliphatic carbocycles. The summed E-state index contributed by atoms with van der Waals surface area (Å²) < 4.78 is 0. The van der Waals surface area contributed by atoms with E-state index in [1.807, 2.05) is 6.07 Å². The van der Waals surface area contributed by atoms with Crippen LogP contribution in [0.4, 0.5) is 0 Å². The van der Waals surface area contributed by atoms with Gasteiger partial charge < -0.3 is 4.98 Å². The van der Waals surface area contributed by atoms with Crippen molar-refractivity contribution < 1.29 is 0 Å². The summed E-state index contributed by atoms with van der Waals surface area (Å²) in [6.07, 6.45) is 4.39. The zero-order valence-corrected chi connectivity index (χ0v) is 14.1. The van der Waals surface area contributed by atoms with Crippen LogP contribution in [0.15, 0.2) is 47.5 Å². The molecule has 2 aromatic heterocycles. The Labute approximate surface area is 136 Å². The number of benzene rings is 1. The quantitative estimate of drug-likeness (QED) is 0.769. The molecular weight excluding hydrogens is 284 g/mol. The van der Waals surface area contributed by atoms with Crippen molar-refractivity contribution in [2.24, 2.45) is 0 Å². The molecule has 0 saturated carbocycles. The Kier molecular flexibility index (Phi) is 3.80. The fourth-order valence-corrected chi connectivity index (χ4v) is 2.83. The highest BCUT2D eigenvalue weighted by Crippen LogP contribution is 2.31. The number of rotatable bonds is 3. The van der Waals surface area contributed by atoms with Gasteiger partial charge in [-0.2, -0.15) is 0 Å². The Morgan fingerprint density at radius 3 is 2.65 bits per heavy atom. The Hall–Kier alpha value is -2.42. The molecule has 118 valence electrons. The van der Waals surface area contributed by atoms with E-state index in [2.05, 4.69) is 55.9 Å². The molecule has 0 fully saturated rings. The second-order valence-corrected chi connectivity index (χ2v) is 6.74. The van der Waals surface area contributed by atoms with Crippen LogP contribution in [0.3, 0.4) is 0 Å². The van der Waals surface area contributed by atoms with Crippen LogP contribution in [0, 0.1) is 6.92 Å².